The van der Waals surface area contributed by atoms with E-state index in [-0.39, 0.29) is 11.4 Å². The Morgan fingerprint density at radius 2 is 1.93 bits per heavy atom. The summed E-state index contributed by atoms with van der Waals surface area (Å²) >= 11 is 0. The topological polar surface area (TPSA) is 76.8 Å². The average Bonchev–Trinajstić information content (AvgIpc) is 3.09. The van der Waals surface area contributed by atoms with Gasteiger partial charge in [-0.15, -0.1) is 0 Å². The first-order chi connectivity index (χ1) is 14.1. The number of ether oxygens (including phenoxy) is 2. The number of hydrogen-bond donors (Lipinski definition) is 2. The van der Waals surface area contributed by atoms with Crippen LogP contribution < -0.4 is 15.8 Å². The van der Waals surface area contributed by atoms with Crippen molar-refractivity contribution >= 4 is 11.7 Å². The van der Waals surface area contributed by atoms with Crippen molar-refractivity contribution in [3.63, 3.8) is 0 Å². The molecule has 0 bridgehead atoms. The Balaban J connectivity index is 1.47. The van der Waals surface area contributed by atoms with Gasteiger partial charge in [0.15, 0.2) is 5.75 Å². The molecule has 2 aromatic carbocycles. The Hall–Kier alpha value is -2.57. The molecule has 0 aliphatic carbocycles. The van der Waals surface area contributed by atoms with Crippen LogP contribution in [0.4, 0.5) is 10.5 Å². The smallest absolute Gasteiger partial charge is 0.321 e. The number of para-hydroxylation sites is 2. The molecule has 29 heavy (non-hydrogen) atoms. The highest BCUT2D eigenvalue weighted by Gasteiger charge is 2.47. The van der Waals surface area contributed by atoms with Crippen molar-refractivity contribution in [1.29, 1.82) is 0 Å². The molecule has 0 aromatic heterocycles. The van der Waals surface area contributed by atoms with Crippen LogP contribution >= 0.6 is 0 Å². The van der Waals surface area contributed by atoms with E-state index in [2.05, 4.69) is 5.32 Å². The van der Waals surface area contributed by atoms with Gasteiger partial charge in [-0.3, -0.25) is 0 Å². The molecule has 2 aromatic rings. The maximum atomic E-state index is 13.0. The van der Waals surface area contributed by atoms with Crippen LogP contribution in [0.25, 0.3) is 0 Å². The number of urea groups is 1. The fourth-order valence-corrected chi connectivity index (χ4v) is 4.44. The SMILES string of the molecule is Cc1ccc(Oc2ccccc2NC(=O)N2CC(CN)C3(CCOCC3)C2)cc1. The molecular weight excluding hydrogens is 366 g/mol. The Morgan fingerprint density at radius 1 is 1.21 bits per heavy atom. The van der Waals surface area contributed by atoms with E-state index in [0.717, 1.165) is 38.3 Å². The summed E-state index contributed by atoms with van der Waals surface area (Å²) in [6, 6.07) is 15.3. The predicted molar refractivity (Wildman–Crippen MR) is 113 cm³/mol. The van der Waals surface area contributed by atoms with Gasteiger partial charge in [-0.2, -0.15) is 0 Å². The number of likely N-dealkylation sites (tertiary alicyclic amines) is 1. The number of benzene rings is 2. The lowest BCUT2D eigenvalue weighted by atomic mass is 9.72. The van der Waals surface area contributed by atoms with Crippen molar-refractivity contribution in [3.8, 4) is 11.5 Å². The number of aryl methyl sites for hydroxylation is 1. The van der Waals surface area contributed by atoms with Crippen LogP contribution in [0.15, 0.2) is 48.5 Å². The van der Waals surface area contributed by atoms with Crippen LogP contribution in [0.2, 0.25) is 0 Å². The van der Waals surface area contributed by atoms with Gasteiger partial charge in [0.25, 0.3) is 0 Å². The number of nitrogens with zero attached hydrogens (tertiary/aromatic N) is 1. The van der Waals surface area contributed by atoms with E-state index in [0.29, 0.717) is 30.4 Å². The fraction of sp³-hybridized carbons (Fsp3) is 0.435. The quantitative estimate of drug-likeness (QED) is 0.820. The van der Waals surface area contributed by atoms with Crippen molar-refractivity contribution in [2.45, 2.75) is 19.8 Å². The van der Waals surface area contributed by atoms with Crippen molar-refractivity contribution < 1.29 is 14.3 Å². The van der Waals surface area contributed by atoms with Crippen LogP contribution in [0.1, 0.15) is 18.4 Å². The highest BCUT2D eigenvalue weighted by atomic mass is 16.5. The van der Waals surface area contributed by atoms with Crippen LogP contribution in [-0.4, -0.2) is 43.8 Å². The summed E-state index contributed by atoms with van der Waals surface area (Å²) in [5.74, 6) is 1.68. The van der Waals surface area contributed by atoms with E-state index in [1.165, 1.54) is 5.56 Å². The van der Waals surface area contributed by atoms with Gasteiger partial charge in [-0.1, -0.05) is 29.8 Å². The fourth-order valence-electron chi connectivity index (χ4n) is 4.44. The third-order valence-electron chi connectivity index (χ3n) is 6.25. The number of carbonyl (C=O) groups is 1. The highest BCUT2D eigenvalue weighted by Crippen LogP contribution is 2.44. The van der Waals surface area contributed by atoms with Crippen LogP contribution in [0.5, 0.6) is 11.5 Å². The minimum Gasteiger partial charge on any atom is -0.455 e. The molecule has 2 amide bonds. The molecule has 6 nitrogen and oxygen atoms in total. The molecule has 2 aliphatic rings. The molecule has 2 heterocycles. The minimum atomic E-state index is -0.105. The van der Waals surface area contributed by atoms with E-state index in [1.54, 1.807) is 0 Å². The van der Waals surface area contributed by atoms with Gasteiger partial charge in [-0.05, 0) is 61.9 Å². The van der Waals surface area contributed by atoms with Crippen LogP contribution in [-0.2, 0) is 4.74 Å². The lowest BCUT2D eigenvalue weighted by molar-refractivity contribution is 0.00229. The van der Waals surface area contributed by atoms with Gasteiger partial charge in [0.1, 0.15) is 5.75 Å². The van der Waals surface area contributed by atoms with Crippen molar-refractivity contribution in [1.82, 2.24) is 4.90 Å². The number of amides is 2. The third-order valence-corrected chi connectivity index (χ3v) is 6.25. The molecule has 2 saturated heterocycles. The maximum Gasteiger partial charge on any atom is 0.321 e. The first-order valence-corrected chi connectivity index (χ1v) is 10.3. The highest BCUT2D eigenvalue weighted by molar-refractivity contribution is 5.91. The van der Waals surface area contributed by atoms with Gasteiger partial charge in [0.2, 0.25) is 0 Å². The zero-order valence-corrected chi connectivity index (χ0v) is 16.9. The van der Waals surface area contributed by atoms with E-state index >= 15 is 0 Å². The van der Waals surface area contributed by atoms with E-state index < -0.39 is 0 Å². The van der Waals surface area contributed by atoms with E-state index in [1.807, 2.05) is 60.4 Å². The summed E-state index contributed by atoms with van der Waals surface area (Å²) in [6.45, 7) is 5.54. The molecule has 1 spiro atoms. The van der Waals surface area contributed by atoms with Gasteiger partial charge in [-0.25, -0.2) is 4.79 Å². The van der Waals surface area contributed by atoms with Gasteiger partial charge in [0.05, 0.1) is 5.69 Å². The minimum absolute atomic E-state index is 0.0856. The largest absolute Gasteiger partial charge is 0.455 e. The summed E-state index contributed by atoms with van der Waals surface area (Å²) in [5.41, 5.74) is 7.97. The Labute approximate surface area is 172 Å². The molecule has 3 N–H and O–H groups in total. The van der Waals surface area contributed by atoms with Gasteiger partial charge in [0, 0.05) is 26.3 Å². The number of hydrogen-bond acceptors (Lipinski definition) is 4. The molecule has 4 rings (SSSR count). The second-order valence-electron chi connectivity index (χ2n) is 8.13. The summed E-state index contributed by atoms with van der Waals surface area (Å²) < 4.78 is 11.6. The third kappa shape index (κ3) is 4.23. The number of nitrogens with two attached hydrogens (primary N) is 1. The Morgan fingerprint density at radius 3 is 2.66 bits per heavy atom. The zero-order valence-electron chi connectivity index (χ0n) is 16.9. The standard InChI is InChI=1S/C23H29N3O3/c1-17-6-8-19(9-7-17)29-21-5-3-2-4-20(21)25-22(27)26-15-18(14-24)23(16-26)10-12-28-13-11-23/h2-9,18H,10-16,24H2,1H3,(H,25,27). The second-order valence-corrected chi connectivity index (χ2v) is 8.13. The van der Waals surface area contributed by atoms with Crippen molar-refractivity contribution in [2.75, 3.05) is 38.2 Å². The molecular formula is C23H29N3O3. The summed E-state index contributed by atoms with van der Waals surface area (Å²) in [4.78, 5) is 14.9. The molecule has 0 radical (unpaired) electrons. The molecule has 2 fully saturated rings. The monoisotopic (exact) mass is 395 g/mol. The summed E-state index contributed by atoms with van der Waals surface area (Å²) in [7, 11) is 0. The molecule has 1 atom stereocenters. The molecule has 1 unspecified atom stereocenters. The average molecular weight is 396 g/mol. The molecule has 2 aliphatic heterocycles. The Bertz CT molecular complexity index is 847. The maximum absolute atomic E-state index is 13.0. The van der Waals surface area contributed by atoms with Crippen molar-refractivity contribution in [3.05, 3.63) is 54.1 Å². The number of nitrogens with one attached hydrogen (secondary N) is 1. The predicted octanol–water partition coefficient (Wildman–Crippen LogP) is 4.01. The number of rotatable bonds is 4. The number of carbonyl (C=O) groups excluding carboxylic acids is 1. The molecule has 6 heteroatoms. The van der Waals surface area contributed by atoms with Crippen molar-refractivity contribution in [2.24, 2.45) is 17.1 Å². The zero-order chi connectivity index (χ0) is 20.3. The summed E-state index contributed by atoms with van der Waals surface area (Å²) in [6.07, 6.45) is 1.93. The first kappa shape index (κ1) is 19.7. The lowest BCUT2D eigenvalue weighted by Gasteiger charge is -2.37. The number of anilines is 1. The van der Waals surface area contributed by atoms with Gasteiger partial charge >= 0.3 is 6.03 Å². The van der Waals surface area contributed by atoms with E-state index in [9.17, 15) is 4.79 Å². The summed E-state index contributed by atoms with van der Waals surface area (Å²) in [5, 5.41) is 3.04. The lowest BCUT2D eigenvalue weighted by Crippen LogP contribution is -2.40. The van der Waals surface area contributed by atoms with Crippen LogP contribution in [0.3, 0.4) is 0 Å². The first-order valence-electron chi connectivity index (χ1n) is 10.3. The molecule has 154 valence electrons. The normalized spacial score (nSPS) is 20.6. The van der Waals surface area contributed by atoms with Gasteiger partial charge < -0.3 is 25.4 Å². The Kier molecular flexibility index (Phi) is 5.74. The van der Waals surface area contributed by atoms with E-state index in [4.69, 9.17) is 15.2 Å². The van der Waals surface area contributed by atoms with Crippen LogP contribution in [0, 0.1) is 18.3 Å². The molecule has 0 saturated carbocycles. The second kappa shape index (κ2) is 8.43.